The fourth-order valence-electron chi connectivity index (χ4n) is 2.98. The van der Waals surface area contributed by atoms with Crippen LogP contribution in [0, 0.1) is 10.1 Å². The standard InChI is InChI=1S/C19H19ClN2O4/c20-18-12-15(22(24)25)6-7-17(18)19(23)21-10-8-16(9-11-21)26-13-14-4-2-1-3-5-14/h1-7,12,16H,8-11,13H2. The zero-order valence-electron chi connectivity index (χ0n) is 14.1. The lowest BCUT2D eigenvalue weighted by molar-refractivity contribution is -0.384. The van der Waals surface area contributed by atoms with Crippen molar-refractivity contribution in [2.24, 2.45) is 0 Å². The number of nitro benzene ring substituents is 1. The molecule has 0 bridgehead atoms. The highest BCUT2D eigenvalue weighted by atomic mass is 35.5. The lowest BCUT2D eigenvalue weighted by Gasteiger charge is -2.32. The average molecular weight is 375 g/mol. The molecule has 1 fully saturated rings. The molecule has 0 N–H and O–H groups in total. The number of hydrogen-bond acceptors (Lipinski definition) is 4. The Bertz CT molecular complexity index is 789. The van der Waals surface area contributed by atoms with Gasteiger partial charge in [0.2, 0.25) is 0 Å². The van der Waals surface area contributed by atoms with Crippen LogP contribution in [0.15, 0.2) is 48.5 Å². The molecule has 1 aliphatic rings. The summed E-state index contributed by atoms with van der Waals surface area (Å²) >= 11 is 6.06. The van der Waals surface area contributed by atoms with E-state index < -0.39 is 4.92 Å². The molecule has 1 heterocycles. The van der Waals surface area contributed by atoms with Crippen LogP contribution in [0.2, 0.25) is 5.02 Å². The van der Waals surface area contributed by atoms with Crippen molar-refractivity contribution in [3.8, 4) is 0 Å². The summed E-state index contributed by atoms with van der Waals surface area (Å²) < 4.78 is 5.93. The summed E-state index contributed by atoms with van der Waals surface area (Å²) in [7, 11) is 0. The zero-order chi connectivity index (χ0) is 18.5. The highest BCUT2D eigenvalue weighted by Crippen LogP contribution is 2.25. The second kappa shape index (κ2) is 8.29. The number of hydrogen-bond donors (Lipinski definition) is 0. The average Bonchev–Trinajstić information content (AvgIpc) is 2.67. The van der Waals surface area contributed by atoms with Gasteiger partial charge in [0.25, 0.3) is 11.6 Å². The van der Waals surface area contributed by atoms with Crippen LogP contribution < -0.4 is 0 Å². The third-order valence-electron chi connectivity index (χ3n) is 4.45. The van der Waals surface area contributed by atoms with E-state index in [-0.39, 0.29) is 22.7 Å². The second-order valence-corrected chi connectivity index (χ2v) is 6.62. The Morgan fingerprint density at radius 1 is 1.19 bits per heavy atom. The van der Waals surface area contributed by atoms with Gasteiger partial charge in [0.05, 0.1) is 28.2 Å². The first-order valence-electron chi connectivity index (χ1n) is 8.43. The lowest BCUT2D eigenvalue weighted by Crippen LogP contribution is -2.41. The van der Waals surface area contributed by atoms with Crippen molar-refractivity contribution in [3.05, 3.63) is 74.8 Å². The highest BCUT2D eigenvalue weighted by molar-refractivity contribution is 6.34. The summed E-state index contributed by atoms with van der Waals surface area (Å²) in [4.78, 5) is 24.6. The Morgan fingerprint density at radius 3 is 2.50 bits per heavy atom. The van der Waals surface area contributed by atoms with E-state index >= 15 is 0 Å². The maximum atomic E-state index is 12.6. The van der Waals surface area contributed by atoms with Crippen molar-refractivity contribution < 1.29 is 14.5 Å². The minimum Gasteiger partial charge on any atom is -0.373 e. The van der Waals surface area contributed by atoms with Crippen molar-refractivity contribution in [1.82, 2.24) is 4.90 Å². The summed E-state index contributed by atoms with van der Waals surface area (Å²) in [5.74, 6) is -0.202. The molecule has 0 aromatic heterocycles. The Morgan fingerprint density at radius 2 is 1.88 bits per heavy atom. The number of nitro groups is 1. The van der Waals surface area contributed by atoms with Crippen LogP contribution in [0.25, 0.3) is 0 Å². The number of carbonyl (C=O) groups is 1. The number of non-ortho nitro benzene ring substituents is 1. The van der Waals surface area contributed by atoms with E-state index in [0.717, 1.165) is 18.4 Å². The number of likely N-dealkylation sites (tertiary alicyclic amines) is 1. The molecule has 0 saturated carbocycles. The molecule has 3 rings (SSSR count). The molecule has 7 heteroatoms. The molecule has 1 amide bonds. The Labute approximate surface area is 156 Å². The third kappa shape index (κ3) is 4.39. The Hall–Kier alpha value is -2.44. The van der Waals surface area contributed by atoms with Crippen molar-refractivity contribution in [2.45, 2.75) is 25.6 Å². The van der Waals surface area contributed by atoms with Crippen molar-refractivity contribution in [2.75, 3.05) is 13.1 Å². The van der Waals surface area contributed by atoms with Gasteiger partial charge in [-0.25, -0.2) is 0 Å². The molecular weight excluding hydrogens is 356 g/mol. The van der Waals surface area contributed by atoms with E-state index in [9.17, 15) is 14.9 Å². The van der Waals surface area contributed by atoms with Gasteiger partial charge in [-0.05, 0) is 24.5 Å². The SMILES string of the molecule is O=C(c1ccc([N+](=O)[O-])cc1Cl)N1CCC(OCc2ccccc2)CC1. The number of amides is 1. The van der Waals surface area contributed by atoms with Gasteiger partial charge >= 0.3 is 0 Å². The van der Waals surface area contributed by atoms with Gasteiger partial charge < -0.3 is 9.64 Å². The molecule has 0 spiro atoms. The van der Waals surface area contributed by atoms with Crippen LogP contribution in [-0.2, 0) is 11.3 Å². The molecule has 2 aromatic carbocycles. The van der Waals surface area contributed by atoms with Crippen molar-refractivity contribution in [3.63, 3.8) is 0 Å². The summed E-state index contributed by atoms with van der Waals surface area (Å²) in [6, 6.07) is 13.9. The van der Waals surface area contributed by atoms with Crippen molar-refractivity contribution >= 4 is 23.2 Å². The molecule has 136 valence electrons. The fourth-order valence-corrected chi connectivity index (χ4v) is 3.23. The first-order chi connectivity index (χ1) is 12.5. The van der Waals surface area contributed by atoms with Crippen molar-refractivity contribution in [1.29, 1.82) is 0 Å². The molecule has 26 heavy (non-hydrogen) atoms. The molecule has 0 unspecified atom stereocenters. The summed E-state index contributed by atoms with van der Waals surface area (Å²) in [5.41, 5.74) is 1.30. The van der Waals surface area contributed by atoms with Gasteiger partial charge in [-0.2, -0.15) is 0 Å². The van der Waals surface area contributed by atoms with Gasteiger partial charge in [-0.15, -0.1) is 0 Å². The van der Waals surface area contributed by atoms with Gasteiger partial charge in [0, 0.05) is 25.2 Å². The maximum absolute atomic E-state index is 12.6. The van der Waals surface area contributed by atoms with Gasteiger partial charge in [0.15, 0.2) is 0 Å². The predicted octanol–water partition coefficient (Wildman–Crippen LogP) is 4.07. The molecule has 2 aromatic rings. The summed E-state index contributed by atoms with van der Waals surface area (Å²) in [6.07, 6.45) is 1.62. The maximum Gasteiger partial charge on any atom is 0.270 e. The van der Waals surface area contributed by atoms with E-state index in [1.807, 2.05) is 30.3 Å². The van der Waals surface area contributed by atoms with E-state index in [2.05, 4.69) is 0 Å². The number of rotatable bonds is 5. The number of benzene rings is 2. The van der Waals surface area contributed by atoms with Crippen LogP contribution in [-0.4, -0.2) is 34.9 Å². The molecule has 6 nitrogen and oxygen atoms in total. The topological polar surface area (TPSA) is 72.7 Å². The largest absolute Gasteiger partial charge is 0.373 e. The van der Waals surface area contributed by atoms with Gasteiger partial charge in [0.1, 0.15) is 0 Å². The number of piperidine rings is 1. The highest BCUT2D eigenvalue weighted by Gasteiger charge is 2.26. The molecule has 1 saturated heterocycles. The Kier molecular flexibility index (Phi) is 5.85. The van der Waals surface area contributed by atoms with Gasteiger partial charge in [-0.3, -0.25) is 14.9 Å². The number of ether oxygens (including phenoxy) is 1. The fraction of sp³-hybridized carbons (Fsp3) is 0.316. The summed E-state index contributed by atoms with van der Waals surface area (Å²) in [6.45, 7) is 1.71. The lowest BCUT2D eigenvalue weighted by atomic mass is 10.1. The minimum absolute atomic E-state index is 0.103. The first-order valence-corrected chi connectivity index (χ1v) is 8.81. The monoisotopic (exact) mass is 374 g/mol. The normalized spacial score (nSPS) is 15.0. The molecule has 0 aliphatic carbocycles. The minimum atomic E-state index is -0.532. The number of carbonyl (C=O) groups excluding carboxylic acids is 1. The zero-order valence-corrected chi connectivity index (χ0v) is 14.9. The van der Waals surface area contributed by atoms with Crippen LogP contribution >= 0.6 is 11.6 Å². The number of halogens is 1. The Balaban J connectivity index is 1.54. The second-order valence-electron chi connectivity index (χ2n) is 6.21. The van der Waals surface area contributed by atoms with Crippen LogP contribution in [0.4, 0.5) is 5.69 Å². The van der Waals surface area contributed by atoms with Crippen LogP contribution in [0.3, 0.4) is 0 Å². The van der Waals surface area contributed by atoms with E-state index in [1.54, 1.807) is 4.90 Å². The van der Waals surface area contributed by atoms with Crippen LogP contribution in [0.5, 0.6) is 0 Å². The first kappa shape index (κ1) is 18.4. The molecule has 0 radical (unpaired) electrons. The number of nitrogens with zero attached hydrogens (tertiary/aromatic N) is 2. The smallest absolute Gasteiger partial charge is 0.270 e. The predicted molar refractivity (Wildman–Crippen MR) is 98.3 cm³/mol. The quantitative estimate of drug-likeness (QED) is 0.584. The molecule has 0 atom stereocenters. The molecule has 1 aliphatic heterocycles. The van der Waals surface area contributed by atoms with Crippen LogP contribution in [0.1, 0.15) is 28.8 Å². The summed E-state index contributed by atoms with van der Waals surface area (Å²) in [5, 5.41) is 10.9. The van der Waals surface area contributed by atoms with E-state index in [0.29, 0.717) is 25.3 Å². The van der Waals surface area contributed by atoms with E-state index in [1.165, 1.54) is 18.2 Å². The van der Waals surface area contributed by atoms with E-state index in [4.69, 9.17) is 16.3 Å². The molecular formula is C19H19ClN2O4. The van der Waals surface area contributed by atoms with Gasteiger partial charge in [-0.1, -0.05) is 41.9 Å². The third-order valence-corrected chi connectivity index (χ3v) is 4.76.